The molecule has 2 atom stereocenters. The highest BCUT2D eigenvalue weighted by Crippen LogP contribution is 2.18. The molecule has 0 heterocycles. The maximum Gasteiger partial charge on any atom is 0.305 e. The van der Waals surface area contributed by atoms with E-state index in [-0.39, 0.29) is 18.5 Å². The van der Waals surface area contributed by atoms with Crippen LogP contribution in [0.4, 0.5) is 0 Å². The van der Waals surface area contributed by atoms with Crippen LogP contribution in [0, 0.1) is 0 Å². The maximum absolute atomic E-state index is 12.5. The van der Waals surface area contributed by atoms with Gasteiger partial charge >= 0.3 is 5.97 Å². The van der Waals surface area contributed by atoms with Crippen molar-refractivity contribution in [3.05, 3.63) is 12.2 Å². The molecule has 0 aromatic heterocycles. The highest BCUT2D eigenvalue weighted by Gasteiger charge is 2.18. The Kier molecular flexibility index (Phi) is 56.0. The van der Waals surface area contributed by atoms with Crippen LogP contribution in [0.5, 0.6) is 0 Å². The second-order valence-corrected chi connectivity index (χ2v) is 21.0. The molecule has 0 aromatic carbocycles. The Balaban J connectivity index is 3.44. The summed E-state index contributed by atoms with van der Waals surface area (Å²) in [4.78, 5) is 24.6. The van der Waals surface area contributed by atoms with Crippen LogP contribution in [0.2, 0.25) is 0 Å². The van der Waals surface area contributed by atoms with E-state index in [1.807, 2.05) is 6.08 Å². The molecular formula is C61H119NO5. The fourth-order valence-electron chi connectivity index (χ4n) is 9.64. The van der Waals surface area contributed by atoms with E-state index in [0.29, 0.717) is 19.4 Å². The van der Waals surface area contributed by atoms with E-state index in [1.54, 1.807) is 6.08 Å². The Morgan fingerprint density at radius 1 is 0.403 bits per heavy atom. The molecule has 0 bridgehead atoms. The molecule has 0 aliphatic carbocycles. The first-order valence-corrected chi connectivity index (χ1v) is 30.5. The van der Waals surface area contributed by atoms with Crippen molar-refractivity contribution in [3.63, 3.8) is 0 Å². The molecule has 0 rings (SSSR count). The van der Waals surface area contributed by atoms with Crippen molar-refractivity contribution in [1.29, 1.82) is 0 Å². The summed E-state index contributed by atoms with van der Waals surface area (Å²) in [5, 5.41) is 23.2. The topological polar surface area (TPSA) is 95.9 Å². The Morgan fingerprint density at radius 3 is 1.01 bits per heavy atom. The van der Waals surface area contributed by atoms with E-state index in [1.165, 1.54) is 257 Å². The molecule has 0 saturated heterocycles. The second-order valence-electron chi connectivity index (χ2n) is 21.0. The third-order valence-corrected chi connectivity index (χ3v) is 14.3. The number of rotatable bonds is 57. The Bertz CT molecular complexity index is 1000. The predicted octanol–water partition coefficient (Wildman–Crippen LogP) is 18.9. The third-order valence-electron chi connectivity index (χ3n) is 14.3. The zero-order valence-corrected chi connectivity index (χ0v) is 45.4. The zero-order valence-electron chi connectivity index (χ0n) is 45.4. The number of hydrogen-bond acceptors (Lipinski definition) is 5. The Labute approximate surface area is 419 Å². The van der Waals surface area contributed by atoms with Crippen LogP contribution in [0.1, 0.15) is 341 Å². The van der Waals surface area contributed by atoms with E-state index in [2.05, 4.69) is 19.2 Å². The number of aliphatic hydroxyl groups is 2. The molecule has 6 nitrogen and oxygen atoms in total. The molecule has 0 aromatic rings. The summed E-state index contributed by atoms with van der Waals surface area (Å²) in [6, 6.07) is -0.637. The average molecular weight is 947 g/mol. The van der Waals surface area contributed by atoms with Gasteiger partial charge in [0.2, 0.25) is 5.91 Å². The van der Waals surface area contributed by atoms with E-state index in [4.69, 9.17) is 4.74 Å². The quantitative estimate of drug-likeness (QED) is 0.0321. The van der Waals surface area contributed by atoms with E-state index in [0.717, 1.165) is 57.8 Å². The van der Waals surface area contributed by atoms with Crippen molar-refractivity contribution >= 4 is 11.9 Å². The molecule has 0 aliphatic heterocycles. The number of allylic oxidation sites excluding steroid dienone is 1. The molecule has 0 spiro atoms. The average Bonchev–Trinajstić information content (AvgIpc) is 3.33. The van der Waals surface area contributed by atoms with Crippen molar-refractivity contribution in [2.45, 2.75) is 353 Å². The maximum atomic E-state index is 12.5. The SMILES string of the molecule is CCCCCCCCCCCCCCCCCC/C=C/C(O)C(CO)NC(=O)CCCCCCCCCCCCCCCOC(=O)CCCCCCCCCCCCCCCCCCCCC. The highest BCUT2D eigenvalue weighted by atomic mass is 16.5. The van der Waals surface area contributed by atoms with Crippen LogP contribution in [0.25, 0.3) is 0 Å². The fourth-order valence-corrected chi connectivity index (χ4v) is 9.64. The van der Waals surface area contributed by atoms with Gasteiger partial charge in [0.05, 0.1) is 25.4 Å². The van der Waals surface area contributed by atoms with Crippen molar-refractivity contribution in [2.75, 3.05) is 13.2 Å². The van der Waals surface area contributed by atoms with Gasteiger partial charge in [0.15, 0.2) is 0 Å². The predicted molar refractivity (Wildman–Crippen MR) is 292 cm³/mol. The largest absolute Gasteiger partial charge is 0.466 e. The molecule has 0 fully saturated rings. The van der Waals surface area contributed by atoms with Crippen molar-refractivity contribution in [1.82, 2.24) is 5.32 Å². The Morgan fingerprint density at radius 2 is 0.687 bits per heavy atom. The van der Waals surface area contributed by atoms with Gasteiger partial charge in [-0.2, -0.15) is 0 Å². The van der Waals surface area contributed by atoms with Crippen molar-refractivity contribution < 1.29 is 24.5 Å². The van der Waals surface area contributed by atoms with Crippen molar-refractivity contribution in [2.24, 2.45) is 0 Å². The molecule has 1 amide bonds. The summed E-state index contributed by atoms with van der Waals surface area (Å²) >= 11 is 0. The monoisotopic (exact) mass is 946 g/mol. The minimum Gasteiger partial charge on any atom is -0.466 e. The third kappa shape index (κ3) is 53.8. The van der Waals surface area contributed by atoms with E-state index < -0.39 is 12.1 Å². The number of carbonyl (C=O) groups excluding carboxylic acids is 2. The van der Waals surface area contributed by atoms with Crippen molar-refractivity contribution in [3.8, 4) is 0 Å². The second kappa shape index (κ2) is 57.2. The molecule has 67 heavy (non-hydrogen) atoms. The number of unbranched alkanes of at least 4 members (excludes halogenated alkanes) is 46. The lowest BCUT2D eigenvalue weighted by molar-refractivity contribution is -0.143. The van der Waals surface area contributed by atoms with Crippen LogP contribution in [-0.2, 0) is 14.3 Å². The summed E-state index contributed by atoms with van der Waals surface area (Å²) in [5.74, 6) is -0.0785. The summed E-state index contributed by atoms with van der Waals surface area (Å²) in [5.41, 5.74) is 0. The first-order chi connectivity index (χ1) is 33.0. The van der Waals surface area contributed by atoms with Crippen LogP contribution in [0.15, 0.2) is 12.2 Å². The van der Waals surface area contributed by atoms with Gasteiger partial charge in [-0.3, -0.25) is 9.59 Å². The zero-order chi connectivity index (χ0) is 48.6. The first kappa shape index (κ1) is 65.6. The van der Waals surface area contributed by atoms with Gasteiger partial charge < -0.3 is 20.3 Å². The minimum absolute atomic E-state index is 0.00121. The van der Waals surface area contributed by atoms with Gasteiger partial charge in [-0.1, -0.05) is 309 Å². The van der Waals surface area contributed by atoms with Crippen LogP contribution in [0.3, 0.4) is 0 Å². The number of amides is 1. The molecule has 398 valence electrons. The molecule has 0 saturated carbocycles. The Hall–Kier alpha value is -1.40. The lowest BCUT2D eigenvalue weighted by Gasteiger charge is -2.20. The van der Waals surface area contributed by atoms with Crippen LogP contribution >= 0.6 is 0 Å². The molecule has 2 unspecified atom stereocenters. The van der Waals surface area contributed by atoms with Crippen LogP contribution in [-0.4, -0.2) is 47.4 Å². The minimum atomic E-state index is -0.852. The summed E-state index contributed by atoms with van der Waals surface area (Å²) in [7, 11) is 0. The van der Waals surface area contributed by atoms with Gasteiger partial charge in [0, 0.05) is 12.8 Å². The summed E-state index contributed by atoms with van der Waals surface area (Å²) in [6.45, 7) is 4.91. The molecule has 0 radical (unpaired) electrons. The molecule has 6 heteroatoms. The smallest absolute Gasteiger partial charge is 0.305 e. The lowest BCUT2D eigenvalue weighted by Crippen LogP contribution is -2.45. The van der Waals surface area contributed by atoms with E-state index in [9.17, 15) is 19.8 Å². The van der Waals surface area contributed by atoms with Gasteiger partial charge in [-0.15, -0.1) is 0 Å². The van der Waals surface area contributed by atoms with Crippen LogP contribution < -0.4 is 5.32 Å². The molecule has 0 aliphatic rings. The number of aliphatic hydroxyl groups excluding tert-OH is 2. The number of nitrogens with one attached hydrogen (secondary N) is 1. The number of hydrogen-bond donors (Lipinski definition) is 3. The molecular weight excluding hydrogens is 827 g/mol. The highest BCUT2D eigenvalue weighted by molar-refractivity contribution is 5.76. The van der Waals surface area contributed by atoms with Gasteiger partial charge in [0.25, 0.3) is 0 Å². The van der Waals surface area contributed by atoms with Gasteiger partial charge in [0.1, 0.15) is 0 Å². The molecule has 3 N–H and O–H groups in total. The van der Waals surface area contributed by atoms with E-state index >= 15 is 0 Å². The standard InChI is InChI=1S/C61H119NO5/c1-3-5-7-9-11-13-15-17-19-21-23-25-27-31-35-39-43-47-51-55-61(66)67-56-52-48-44-40-36-32-28-30-34-38-42-46-50-54-60(65)62-58(57-63)59(64)53-49-45-41-37-33-29-26-24-22-20-18-16-14-12-10-8-6-4-2/h49,53,58-59,63-64H,3-48,50-52,54-57H2,1-2H3,(H,62,65)/b53-49+. The lowest BCUT2D eigenvalue weighted by atomic mass is 10.0. The number of ether oxygens (including phenoxy) is 1. The first-order valence-electron chi connectivity index (χ1n) is 30.5. The normalized spacial score (nSPS) is 12.6. The van der Waals surface area contributed by atoms with Gasteiger partial charge in [-0.05, 0) is 32.1 Å². The number of esters is 1. The summed E-state index contributed by atoms with van der Waals surface area (Å²) in [6.07, 6.45) is 68.1. The number of carbonyl (C=O) groups is 2. The summed E-state index contributed by atoms with van der Waals surface area (Å²) < 4.78 is 5.49. The fraction of sp³-hybridized carbons (Fsp3) is 0.934. The van der Waals surface area contributed by atoms with Gasteiger partial charge in [-0.25, -0.2) is 0 Å².